The van der Waals surface area contributed by atoms with Crippen LogP contribution in [-0.4, -0.2) is 12.7 Å². The van der Waals surface area contributed by atoms with Crippen LogP contribution in [0.15, 0.2) is 48.5 Å². The molecule has 1 aliphatic rings. The fourth-order valence-corrected chi connectivity index (χ4v) is 3.80. The summed E-state index contributed by atoms with van der Waals surface area (Å²) in [5, 5.41) is 3.87. The van der Waals surface area contributed by atoms with Gasteiger partial charge >= 0.3 is 0 Å². The molecule has 0 amide bonds. The first-order valence-corrected chi connectivity index (χ1v) is 8.76. The van der Waals surface area contributed by atoms with E-state index in [0.29, 0.717) is 0 Å². The largest absolute Gasteiger partial charge is 0.363 e. The molecule has 1 N–H and O–H groups in total. The van der Waals surface area contributed by atoms with Crippen molar-refractivity contribution in [1.82, 2.24) is 0 Å². The maximum atomic E-state index is 3.87. The molecule has 0 aliphatic heterocycles. The lowest BCUT2D eigenvalue weighted by Gasteiger charge is -2.47. The van der Waals surface area contributed by atoms with Crippen LogP contribution in [0.2, 0.25) is 0 Å². The third-order valence-electron chi connectivity index (χ3n) is 5.41. The monoisotopic (exact) mass is 308 g/mol. The van der Waals surface area contributed by atoms with Crippen LogP contribution in [0.5, 0.6) is 0 Å². The van der Waals surface area contributed by atoms with Crippen molar-refractivity contribution < 1.29 is 0 Å². The van der Waals surface area contributed by atoms with Gasteiger partial charge in [0.1, 0.15) is 5.66 Å². The van der Waals surface area contributed by atoms with Crippen LogP contribution < -0.4 is 10.2 Å². The smallest absolute Gasteiger partial charge is 0.110 e. The van der Waals surface area contributed by atoms with Gasteiger partial charge in [-0.05, 0) is 68.9 Å². The Balaban J connectivity index is 1.96. The molecule has 0 unspecified atom stereocenters. The maximum absolute atomic E-state index is 3.87. The zero-order valence-corrected chi connectivity index (χ0v) is 14.6. The summed E-state index contributed by atoms with van der Waals surface area (Å²) in [5.41, 5.74) is 5.31. The van der Waals surface area contributed by atoms with Gasteiger partial charge in [-0.15, -0.1) is 0 Å². The van der Waals surface area contributed by atoms with Crippen molar-refractivity contribution in [3.8, 4) is 0 Å². The summed E-state index contributed by atoms with van der Waals surface area (Å²) in [6, 6.07) is 17.3. The number of anilines is 2. The first-order chi connectivity index (χ1) is 11.1. The number of para-hydroxylation sites is 1. The van der Waals surface area contributed by atoms with Gasteiger partial charge in [0.05, 0.1) is 0 Å². The highest BCUT2D eigenvalue weighted by atomic mass is 15.3. The van der Waals surface area contributed by atoms with Gasteiger partial charge in [-0.2, -0.15) is 0 Å². The molecule has 1 fully saturated rings. The van der Waals surface area contributed by atoms with E-state index in [-0.39, 0.29) is 5.66 Å². The molecule has 0 heterocycles. The molecule has 0 spiro atoms. The molecule has 2 aromatic carbocycles. The van der Waals surface area contributed by atoms with Crippen molar-refractivity contribution in [2.75, 3.05) is 17.3 Å². The first-order valence-electron chi connectivity index (χ1n) is 8.76. The van der Waals surface area contributed by atoms with Gasteiger partial charge in [-0.1, -0.05) is 36.8 Å². The second-order valence-electron chi connectivity index (χ2n) is 6.86. The number of rotatable bonds is 4. The Labute approximate surface area is 140 Å². The minimum Gasteiger partial charge on any atom is -0.363 e. The summed E-state index contributed by atoms with van der Waals surface area (Å²) in [5.74, 6) is 0. The van der Waals surface area contributed by atoms with E-state index in [1.165, 1.54) is 54.6 Å². The molecule has 0 radical (unpaired) electrons. The van der Waals surface area contributed by atoms with E-state index in [0.717, 1.165) is 0 Å². The van der Waals surface area contributed by atoms with Gasteiger partial charge in [0.25, 0.3) is 0 Å². The third-order valence-corrected chi connectivity index (χ3v) is 5.41. The highest BCUT2D eigenvalue weighted by Gasteiger charge is 2.36. The van der Waals surface area contributed by atoms with Crippen LogP contribution in [-0.2, 0) is 0 Å². The topological polar surface area (TPSA) is 15.3 Å². The molecule has 0 saturated heterocycles. The second-order valence-corrected chi connectivity index (χ2v) is 6.86. The molecule has 2 nitrogen and oxygen atoms in total. The van der Waals surface area contributed by atoms with E-state index < -0.39 is 0 Å². The van der Waals surface area contributed by atoms with E-state index in [9.17, 15) is 0 Å². The molecule has 0 bridgehead atoms. The fourth-order valence-electron chi connectivity index (χ4n) is 3.80. The predicted molar refractivity (Wildman–Crippen MR) is 100 cm³/mol. The van der Waals surface area contributed by atoms with Gasteiger partial charge < -0.3 is 10.2 Å². The van der Waals surface area contributed by atoms with Crippen LogP contribution in [0.25, 0.3) is 0 Å². The quantitative estimate of drug-likeness (QED) is 0.749. The summed E-state index contributed by atoms with van der Waals surface area (Å²) in [4.78, 5) is 2.49. The standard InChI is InChI=1S/C21H28N2/c1-17-11-10-14-20(18(17)2)23(3)21(15-8-5-9-16-21)22-19-12-6-4-7-13-19/h4,6-7,10-14,22H,5,8-9,15-16H2,1-3H3. The third kappa shape index (κ3) is 3.21. The van der Waals surface area contributed by atoms with Crippen molar-refractivity contribution in [1.29, 1.82) is 0 Å². The first kappa shape index (κ1) is 15.9. The van der Waals surface area contributed by atoms with Crippen LogP contribution >= 0.6 is 0 Å². The fraction of sp³-hybridized carbons (Fsp3) is 0.429. The molecule has 1 aliphatic carbocycles. The highest BCUT2D eigenvalue weighted by Crippen LogP contribution is 2.38. The Morgan fingerprint density at radius 3 is 2.26 bits per heavy atom. The lowest BCUT2D eigenvalue weighted by Crippen LogP contribution is -2.54. The molecule has 2 aromatic rings. The average Bonchev–Trinajstić information content (AvgIpc) is 2.58. The summed E-state index contributed by atoms with van der Waals surface area (Å²) < 4.78 is 0. The summed E-state index contributed by atoms with van der Waals surface area (Å²) in [7, 11) is 2.25. The molecule has 23 heavy (non-hydrogen) atoms. The lowest BCUT2D eigenvalue weighted by molar-refractivity contribution is 0.319. The number of benzene rings is 2. The van der Waals surface area contributed by atoms with Crippen LogP contribution in [0.1, 0.15) is 43.2 Å². The average molecular weight is 308 g/mol. The summed E-state index contributed by atoms with van der Waals surface area (Å²) in [6.45, 7) is 4.44. The van der Waals surface area contributed by atoms with E-state index >= 15 is 0 Å². The Morgan fingerprint density at radius 2 is 1.57 bits per heavy atom. The molecule has 1 saturated carbocycles. The number of aryl methyl sites for hydroxylation is 1. The van der Waals surface area contributed by atoms with Crippen molar-refractivity contribution >= 4 is 11.4 Å². The Hall–Kier alpha value is -1.96. The van der Waals surface area contributed by atoms with Crippen LogP contribution in [0.4, 0.5) is 11.4 Å². The zero-order valence-electron chi connectivity index (χ0n) is 14.6. The Kier molecular flexibility index (Phi) is 4.61. The van der Waals surface area contributed by atoms with Gasteiger partial charge in [0.15, 0.2) is 0 Å². The van der Waals surface area contributed by atoms with Crippen molar-refractivity contribution in [2.24, 2.45) is 0 Å². The van der Waals surface area contributed by atoms with Crippen molar-refractivity contribution in [3.05, 3.63) is 59.7 Å². The second kappa shape index (κ2) is 6.66. The van der Waals surface area contributed by atoms with E-state index in [4.69, 9.17) is 0 Å². The number of nitrogens with one attached hydrogen (secondary N) is 1. The molecule has 0 aromatic heterocycles. The van der Waals surface area contributed by atoms with Crippen molar-refractivity contribution in [3.63, 3.8) is 0 Å². The van der Waals surface area contributed by atoms with Gasteiger partial charge in [-0.3, -0.25) is 0 Å². The molecule has 0 atom stereocenters. The van der Waals surface area contributed by atoms with Gasteiger partial charge in [-0.25, -0.2) is 0 Å². The summed E-state index contributed by atoms with van der Waals surface area (Å²) >= 11 is 0. The molecule has 3 rings (SSSR count). The molecular weight excluding hydrogens is 280 g/mol. The number of hydrogen-bond acceptors (Lipinski definition) is 2. The number of nitrogens with zero attached hydrogens (tertiary/aromatic N) is 1. The minimum atomic E-state index is 0.0121. The van der Waals surface area contributed by atoms with Crippen LogP contribution in [0.3, 0.4) is 0 Å². The number of hydrogen-bond donors (Lipinski definition) is 1. The van der Waals surface area contributed by atoms with E-state index in [2.05, 4.69) is 79.6 Å². The lowest BCUT2D eigenvalue weighted by atomic mass is 9.86. The van der Waals surface area contributed by atoms with Gasteiger partial charge in [0.2, 0.25) is 0 Å². The Morgan fingerprint density at radius 1 is 0.870 bits per heavy atom. The Bertz CT molecular complexity index is 642. The minimum absolute atomic E-state index is 0.0121. The normalized spacial score (nSPS) is 16.8. The molecule has 122 valence electrons. The molecule has 2 heteroatoms. The summed E-state index contributed by atoms with van der Waals surface area (Å²) in [6.07, 6.45) is 6.29. The predicted octanol–water partition coefficient (Wildman–Crippen LogP) is 5.51. The SMILES string of the molecule is Cc1cccc(N(C)C2(Nc3ccccc3)CCCCC2)c1C. The highest BCUT2D eigenvalue weighted by molar-refractivity contribution is 5.60. The van der Waals surface area contributed by atoms with Crippen LogP contribution in [0, 0.1) is 13.8 Å². The maximum Gasteiger partial charge on any atom is 0.110 e. The molecular formula is C21H28N2. The zero-order chi connectivity index (χ0) is 16.3. The van der Waals surface area contributed by atoms with E-state index in [1.54, 1.807) is 0 Å². The van der Waals surface area contributed by atoms with Crippen molar-refractivity contribution in [2.45, 2.75) is 51.6 Å². The van der Waals surface area contributed by atoms with E-state index in [1.807, 2.05) is 0 Å². The van der Waals surface area contributed by atoms with Gasteiger partial charge in [0, 0.05) is 18.4 Å².